The monoisotopic (exact) mass is 222 g/mol. The zero-order valence-electron chi connectivity index (χ0n) is 9.99. The standard InChI is InChI=1S/C13H19FN2/c1-10(2)11-5-7-16(8-6-11)13-4-3-12(14)9-15-13/h3-4,9-11H,5-8H2,1-2H3. The summed E-state index contributed by atoms with van der Waals surface area (Å²) in [6.07, 6.45) is 3.73. The van der Waals surface area contributed by atoms with Crippen molar-refractivity contribution in [3.05, 3.63) is 24.1 Å². The maximum Gasteiger partial charge on any atom is 0.141 e. The maximum atomic E-state index is 12.7. The van der Waals surface area contributed by atoms with Crippen molar-refractivity contribution in [2.24, 2.45) is 11.8 Å². The molecule has 16 heavy (non-hydrogen) atoms. The molecule has 1 aliphatic heterocycles. The van der Waals surface area contributed by atoms with Gasteiger partial charge in [-0.15, -0.1) is 0 Å². The number of pyridine rings is 1. The van der Waals surface area contributed by atoms with Gasteiger partial charge in [0.15, 0.2) is 0 Å². The van der Waals surface area contributed by atoms with E-state index >= 15 is 0 Å². The van der Waals surface area contributed by atoms with Crippen LogP contribution >= 0.6 is 0 Å². The minimum absolute atomic E-state index is 0.263. The summed E-state index contributed by atoms with van der Waals surface area (Å²) in [5, 5.41) is 0. The predicted octanol–water partition coefficient (Wildman–Crippen LogP) is 3.09. The van der Waals surface area contributed by atoms with E-state index in [9.17, 15) is 4.39 Å². The van der Waals surface area contributed by atoms with Crippen molar-refractivity contribution >= 4 is 5.82 Å². The van der Waals surface area contributed by atoms with Crippen LogP contribution in [0.4, 0.5) is 10.2 Å². The third-order valence-corrected chi connectivity index (χ3v) is 3.52. The molecule has 3 heteroatoms. The molecule has 2 heterocycles. The zero-order chi connectivity index (χ0) is 11.5. The van der Waals surface area contributed by atoms with Gasteiger partial charge in [0.05, 0.1) is 6.20 Å². The van der Waals surface area contributed by atoms with Gasteiger partial charge in [0.25, 0.3) is 0 Å². The summed E-state index contributed by atoms with van der Waals surface area (Å²) >= 11 is 0. The van der Waals surface area contributed by atoms with E-state index in [0.29, 0.717) is 0 Å². The average molecular weight is 222 g/mol. The van der Waals surface area contributed by atoms with Gasteiger partial charge in [-0.25, -0.2) is 9.37 Å². The topological polar surface area (TPSA) is 16.1 Å². The number of rotatable bonds is 2. The number of aromatic nitrogens is 1. The van der Waals surface area contributed by atoms with E-state index in [1.165, 1.54) is 25.1 Å². The number of nitrogens with zero attached hydrogens (tertiary/aromatic N) is 2. The first-order valence-electron chi connectivity index (χ1n) is 6.03. The van der Waals surface area contributed by atoms with Crippen molar-refractivity contribution in [2.45, 2.75) is 26.7 Å². The highest BCUT2D eigenvalue weighted by Gasteiger charge is 2.22. The molecule has 0 aromatic carbocycles. The van der Waals surface area contributed by atoms with Crippen molar-refractivity contribution in [3.8, 4) is 0 Å². The lowest BCUT2D eigenvalue weighted by atomic mass is 9.87. The number of piperidine rings is 1. The molecule has 0 saturated carbocycles. The molecule has 1 aromatic rings. The van der Waals surface area contributed by atoms with Crippen LogP contribution in [0.3, 0.4) is 0 Å². The minimum Gasteiger partial charge on any atom is -0.357 e. The van der Waals surface area contributed by atoms with Crippen LogP contribution in [0.5, 0.6) is 0 Å². The van der Waals surface area contributed by atoms with Gasteiger partial charge < -0.3 is 4.90 Å². The summed E-state index contributed by atoms with van der Waals surface area (Å²) in [5.74, 6) is 2.24. The Morgan fingerprint density at radius 3 is 2.50 bits per heavy atom. The molecule has 0 bridgehead atoms. The Morgan fingerprint density at radius 1 is 1.31 bits per heavy atom. The summed E-state index contributed by atoms with van der Waals surface area (Å²) in [6.45, 7) is 6.66. The first kappa shape index (κ1) is 11.4. The molecule has 2 nitrogen and oxygen atoms in total. The summed E-state index contributed by atoms with van der Waals surface area (Å²) < 4.78 is 12.7. The van der Waals surface area contributed by atoms with E-state index in [1.807, 2.05) is 0 Å². The van der Waals surface area contributed by atoms with Gasteiger partial charge in [0.1, 0.15) is 11.6 Å². The summed E-state index contributed by atoms with van der Waals surface area (Å²) in [5.41, 5.74) is 0. The van der Waals surface area contributed by atoms with Crippen molar-refractivity contribution in [1.29, 1.82) is 0 Å². The molecule has 0 atom stereocenters. The molecule has 0 spiro atoms. The van der Waals surface area contributed by atoms with E-state index in [0.717, 1.165) is 30.7 Å². The van der Waals surface area contributed by atoms with Gasteiger partial charge in [0, 0.05) is 13.1 Å². The van der Waals surface area contributed by atoms with Crippen molar-refractivity contribution in [1.82, 2.24) is 4.98 Å². The molecule has 0 N–H and O–H groups in total. The third kappa shape index (κ3) is 2.52. The molecule has 1 fully saturated rings. The fraction of sp³-hybridized carbons (Fsp3) is 0.615. The molecule has 2 rings (SSSR count). The van der Waals surface area contributed by atoms with Crippen LogP contribution in [-0.4, -0.2) is 18.1 Å². The number of anilines is 1. The van der Waals surface area contributed by atoms with E-state index in [2.05, 4.69) is 23.7 Å². The predicted molar refractivity (Wildman–Crippen MR) is 64.0 cm³/mol. The lowest BCUT2D eigenvalue weighted by Gasteiger charge is -2.34. The molecule has 1 aromatic heterocycles. The molecular formula is C13H19FN2. The number of halogens is 1. The molecule has 0 unspecified atom stereocenters. The quantitative estimate of drug-likeness (QED) is 0.764. The van der Waals surface area contributed by atoms with E-state index in [1.54, 1.807) is 6.07 Å². The summed E-state index contributed by atoms with van der Waals surface area (Å²) in [6, 6.07) is 3.25. The van der Waals surface area contributed by atoms with Gasteiger partial charge in [0.2, 0.25) is 0 Å². The van der Waals surface area contributed by atoms with Gasteiger partial charge in [-0.3, -0.25) is 0 Å². The molecular weight excluding hydrogens is 203 g/mol. The third-order valence-electron chi connectivity index (χ3n) is 3.52. The fourth-order valence-electron chi connectivity index (χ4n) is 2.35. The Bertz CT molecular complexity index is 326. The number of hydrogen-bond acceptors (Lipinski definition) is 2. The molecule has 1 aliphatic rings. The minimum atomic E-state index is -0.263. The van der Waals surface area contributed by atoms with Crippen LogP contribution < -0.4 is 4.90 Å². The van der Waals surface area contributed by atoms with Crippen LogP contribution in [0, 0.1) is 17.7 Å². The second-order valence-electron chi connectivity index (χ2n) is 4.90. The highest BCUT2D eigenvalue weighted by molar-refractivity contribution is 5.38. The van der Waals surface area contributed by atoms with E-state index in [-0.39, 0.29) is 5.82 Å². The SMILES string of the molecule is CC(C)C1CCN(c2ccc(F)cn2)CC1. The molecule has 88 valence electrons. The van der Waals surface area contributed by atoms with Crippen LogP contribution in [-0.2, 0) is 0 Å². The Morgan fingerprint density at radius 2 is 2.00 bits per heavy atom. The first-order chi connectivity index (χ1) is 7.66. The fourth-order valence-corrected chi connectivity index (χ4v) is 2.35. The van der Waals surface area contributed by atoms with E-state index in [4.69, 9.17) is 0 Å². The molecule has 0 radical (unpaired) electrons. The largest absolute Gasteiger partial charge is 0.357 e. The van der Waals surface area contributed by atoms with Gasteiger partial charge in [-0.2, -0.15) is 0 Å². The van der Waals surface area contributed by atoms with Crippen LogP contribution in [0.1, 0.15) is 26.7 Å². The van der Waals surface area contributed by atoms with Crippen LogP contribution in [0.25, 0.3) is 0 Å². The summed E-state index contributed by atoms with van der Waals surface area (Å²) in [7, 11) is 0. The lowest BCUT2D eigenvalue weighted by Crippen LogP contribution is -2.35. The summed E-state index contributed by atoms with van der Waals surface area (Å²) in [4.78, 5) is 6.37. The highest BCUT2D eigenvalue weighted by Crippen LogP contribution is 2.26. The number of hydrogen-bond donors (Lipinski definition) is 0. The van der Waals surface area contributed by atoms with Gasteiger partial charge in [-0.1, -0.05) is 13.8 Å². The average Bonchev–Trinajstić information content (AvgIpc) is 2.30. The smallest absolute Gasteiger partial charge is 0.141 e. The van der Waals surface area contributed by atoms with Gasteiger partial charge >= 0.3 is 0 Å². The maximum absolute atomic E-state index is 12.7. The second-order valence-corrected chi connectivity index (χ2v) is 4.90. The van der Waals surface area contributed by atoms with Crippen molar-refractivity contribution < 1.29 is 4.39 Å². The molecule has 0 amide bonds. The first-order valence-corrected chi connectivity index (χ1v) is 6.03. The Balaban J connectivity index is 1.96. The zero-order valence-corrected chi connectivity index (χ0v) is 9.99. The van der Waals surface area contributed by atoms with Crippen LogP contribution in [0.15, 0.2) is 18.3 Å². The van der Waals surface area contributed by atoms with Crippen LogP contribution in [0.2, 0.25) is 0 Å². The molecule has 0 aliphatic carbocycles. The second kappa shape index (κ2) is 4.81. The Kier molecular flexibility index (Phi) is 3.42. The van der Waals surface area contributed by atoms with Gasteiger partial charge in [-0.05, 0) is 36.8 Å². The highest BCUT2D eigenvalue weighted by atomic mass is 19.1. The van der Waals surface area contributed by atoms with Crippen molar-refractivity contribution in [2.75, 3.05) is 18.0 Å². The lowest BCUT2D eigenvalue weighted by molar-refractivity contribution is 0.310. The normalized spacial score (nSPS) is 18.1. The van der Waals surface area contributed by atoms with E-state index < -0.39 is 0 Å². The Labute approximate surface area is 96.5 Å². The Hall–Kier alpha value is -1.12. The molecule has 1 saturated heterocycles. The van der Waals surface area contributed by atoms with Crippen molar-refractivity contribution in [3.63, 3.8) is 0 Å².